The zero-order valence-electron chi connectivity index (χ0n) is 11.7. The van der Waals surface area contributed by atoms with Crippen molar-refractivity contribution in [1.82, 2.24) is 0 Å². The number of halogens is 1. The number of unbranched alkanes of at least 4 members (excludes halogenated alkanes) is 1. The van der Waals surface area contributed by atoms with Gasteiger partial charge in [0.05, 0.1) is 8.57 Å². The third-order valence-corrected chi connectivity index (χ3v) is 6.12. The molecule has 0 bridgehead atoms. The van der Waals surface area contributed by atoms with Crippen molar-refractivity contribution in [2.45, 2.75) is 26.2 Å². The van der Waals surface area contributed by atoms with Gasteiger partial charge in [-0.2, -0.15) is 0 Å². The first-order chi connectivity index (χ1) is 10.2. The molecule has 108 valence electrons. The van der Waals surface area contributed by atoms with Crippen LogP contribution in [-0.4, -0.2) is 0 Å². The molecular formula is C16H15IN2S2. The number of aryl methyl sites for hydroxylation is 1. The molecule has 1 aromatic carbocycles. The molecule has 0 atom stereocenters. The zero-order valence-corrected chi connectivity index (χ0v) is 15.5. The standard InChI is InChI=1S/C16H15IN2S2/c1-2-3-4-11-5-7-12(8-6-11)18-19-16-10-14-13(21-16)9-15(17)20-14/h5-10H,2-4H2,1H3. The highest BCUT2D eigenvalue weighted by molar-refractivity contribution is 14.1. The van der Waals surface area contributed by atoms with Crippen molar-refractivity contribution in [2.24, 2.45) is 10.2 Å². The van der Waals surface area contributed by atoms with Crippen molar-refractivity contribution in [3.05, 3.63) is 44.8 Å². The number of fused-ring (bicyclic) bond motifs is 1. The topological polar surface area (TPSA) is 24.7 Å². The summed E-state index contributed by atoms with van der Waals surface area (Å²) in [7, 11) is 0. The Hall–Kier alpha value is -0.790. The Morgan fingerprint density at radius 1 is 1.00 bits per heavy atom. The summed E-state index contributed by atoms with van der Waals surface area (Å²) >= 11 is 5.85. The van der Waals surface area contributed by atoms with E-state index in [9.17, 15) is 0 Å². The Bertz CT molecular complexity index is 725. The van der Waals surface area contributed by atoms with E-state index in [2.05, 4.69) is 64.0 Å². The van der Waals surface area contributed by atoms with Crippen LogP contribution >= 0.6 is 45.3 Å². The van der Waals surface area contributed by atoms with E-state index in [4.69, 9.17) is 0 Å². The lowest BCUT2D eigenvalue weighted by Crippen LogP contribution is -1.82. The molecule has 2 aromatic heterocycles. The fourth-order valence-corrected chi connectivity index (χ4v) is 5.23. The average molecular weight is 426 g/mol. The molecule has 21 heavy (non-hydrogen) atoms. The van der Waals surface area contributed by atoms with Gasteiger partial charge in [0.1, 0.15) is 5.00 Å². The maximum atomic E-state index is 4.36. The fourth-order valence-electron chi connectivity index (χ4n) is 2.06. The number of azo groups is 1. The van der Waals surface area contributed by atoms with Crippen LogP contribution < -0.4 is 0 Å². The number of rotatable bonds is 5. The smallest absolute Gasteiger partial charge is 0.140 e. The van der Waals surface area contributed by atoms with Crippen molar-refractivity contribution < 1.29 is 0 Å². The first-order valence-electron chi connectivity index (χ1n) is 6.94. The SMILES string of the molecule is CCCCc1ccc(N=Nc2cc3sc(I)cc3s2)cc1. The van der Waals surface area contributed by atoms with Gasteiger partial charge in [-0.15, -0.1) is 32.9 Å². The van der Waals surface area contributed by atoms with Gasteiger partial charge in [0.25, 0.3) is 0 Å². The molecule has 0 radical (unpaired) electrons. The molecule has 0 amide bonds. The predicted octanol–water partition coefficient (Wildman–Crippen LogP) is 7.33. The second kappa shape index (κ2) is 6.98. The van der Waals surface area contributed by atoms with Gasteiger partial charge in [-0.25, -0.2) is 0 Å². The quantitative estimate of drug-likeness (QED) is 0.302. The molecule has 0 N–H and O–H groups in total. The van der Waals surface area contributed by atoms with Gasteiger partial charge in [0.15, 0.2) is 0 Å². The molecule has 0 fully saturated rings. The molecule has 0 saturated carbocycles. The molecule has 2 nitrogen and oxygen atoms in total. The number of thiophene rings is 2. The van der Waals surface area contributed by atoms with Crippen LogP contribution in [0.2, 0.25) is 0 Å². The Morgan fingerprint density at radius 3 is 2.48 bits per heavy atom. The number of hydrogen-bond acceptors (Lipinski definition) is 4. The normalized spacial score (nSPS) is 11.7. The lowest BCUT2D eigenvalue weighted by Gasteiger charge is -1.99. The van der Waals surface area contributed by atoms with Crippen molar-refractivity contribution in [2.75, 3.05) is 0 Å². The number of nitrogens with zero attached hydrogens (tertiary/aromatic N) is 2. The monoisotopic (exact) mass is 426 g/mol. The van der Waals surface area contributed by atoms with Gasteiger partial charge in [-0.1, -0.05) is 25.5 Å². The van der Waals surface area contributed by atoms with Crippen LogP contribution in [0.1, 0.15) is 25.3 Å². The van der Waals surface area contributed by atoms with Gasteiger partial charge in [0.2, 0.25) is 0 Å². The first-order valence-corrected chi connectivity index (χ1v) is 9.65. The molecule has 0 saturated heterocycles. The molecule has 3 rings (SSSR count). The van der Waals surface area contributed by atoms with Gasteiger partial charge >= 0.3 is 0 Å². The summed E-state index contributed by atoms with van der Waals surface area (Å²) in [5.74, 6) is 0. The van der Waals surface area contributed by atoms with Crippen molar-refractivity contribution in [3.8, 4) is 0 Å². The lowest BCUT2D eigenvalue weighted by atomic mass is 10.1. The minimum Gasteiger partial charge on any atom is -0.150 e. The largest absolute Gasteiger partial charge is 0.150 e. The van der Waals surface area contributed by atoms with E-state index in [0.717, 1.165) is 17.1 Å². The van der Waals surface area contributed by atoms with Crippen LogP contribution in [0.25, 0.3) is 9.40 Å². The highest BCUT2D eigenvalue weighted by Crippen LogP contribution is 2.38. The summed E-state index contributed by atoms with van der Waals surface area (Å²) in [5.41, 5.74) is 2.29. The maximum absolute atomic E-state index is 4.36. The van der Waals surface area contributed by atoms with Gasteiger partial charge in [-0.05, 0) is 65.3 Å². The fraction of sp³-hybridized carbons (Fsp3) is 0.250. The van der Waals surface area contributed by atoms with Crippen LogP contribution in [0.15, 0.2) is 46.6 Å². The average Bonchev–Trinajstić information content (AvgIpc) is 3.01. The molecule has 0 aliphatic rings. The van der Waals surface area contributed by atoms with Crippen LogP contribution in [0.3, 0.4) is 0 Å². The summed E-state index contributed by atoms with van der Waals surface area (Å²) in [4.78, 5) is 0. The van der Waals surface area contributed by atoms with E-state index in [-0.39, 0.29) is 0 Å². The lowest BCUT2D eigenvalue weighted by molar-refractivity contribution is 0.795. The highest BCUT2D eigenvalue weighted by atomic mass is 127. The summed E-state index contributed by atoms with van der Waals surface area (Å²) < 4.78 is 3.92. The molecule has 0 unspecified atom stereocenters. The molecular weight excluding hydrogens is 411 g/mol. The van der Waals surface area contributed by atoms with E-state index >= 15 is 0 Å². The molecule has 0 aliphatic heterocycles. The Morgan fingerprint density at radius 2 is 1.76 bits per heavy atom. The molecule has 5 heteroatoms. The van der Waals surface area contributed by atoms with Crippen molar-refractivity contribution in [1.29, 1.82) is 0 Å². The summed E-state index contributed by atoms with van der Waals surface area (Å²) in [6.07, 6.45) is 3.62. The zero-order chi connectivity index (χ0) is 14.7. The first kappa shape index (κ1) is 15.1. The van der Waals surface area contributed by atoms with E-state index in [0.29, 0.717) is 0 Å². The van der Waals surface area contributed by atoms with Gasteiger partial charge in [-0.3, -0.25) is 0 Å². The van der Waals surface area contributed by atoms with Gasteiger partial charge < -0.3 is 0 Å². The van der Waals surface area contributed by atoms with Crippen LogP contribution in [0.4, 0.5) is 10.7 Å². The summed E-state index contributed by atoms with van der Waals surface area (Å²) in [6.45, 7) is 2.22. The molecule has 2 heterocycles. The molecule has 0 aliphatic carbocycles. The molecule has 0 spiro atoms. The van der Waals surface area contributed by atoms with Crippen LogP contribution in [0.5, 0.6) is 0 Å². The van der Waals surface area contributed by atoms with Crippen molar-refractivity contribution >= 4 is 65.4 Å². The second-order valence-corrected chi connectivity index (χ2v) is 8.87. The summed E-state index contributed by atoms with van der Waals surface area (Å²) in [5, 5.41) is 9.66. The number of benzene rings is 1. The second-order valence-electron chi connectivity index (χ2n) is 4.83. The minimum absolute atomic E-state index is 0.918. The Balaban J connectivity index is 1.71. The Labute approximate surface area is 146 Å². The predicted molar refractivity (Wildman–Crippen MR) is 102 cm³/mol. The third kappa shape index (κ3) is 3.90. The summed E-state index contributed by atoms with van der Waals surface area (Å²) in [6, 6.07) is 12.7. The maximum Gasteiger partial charge on any atom is 0.140 e. The minimum atomic E-state index is 0.918. The van der Waals surface area contributed by atoms with Crippen LogP contribution in [0, 0.1) is 2.88 Å². The van der Waals surface area contributed by atoms with E-state index in [1.54, 1.807) is 22.7 Å². The number of hydrogen-bond donors (Lipinski definition) is 0. The van der Waals surface area contributed by atoms with E-state index in [1.807, 2.05) is 12.1 Å². The third-order valence-electron chi connectivity index (χ3n) is 3.18. The van der Waals surface area contributed by atoms with Crippen molar-refractivity contribution in [3.63, 3.8) is 0 Å². The highest BCUT2D eigenvalue weighted by Gasteiger charge is 2.04. The van der Waals surface area contributed by atoms with Crippen LogP contribution in [-0.2, 0) is 6.42 Å². The van der Waals surface area contributed by atoms with Gasteiger partial charge in [0, 0.05) is 9.40 Å². The van der Waals surface area contributed by atoms with E-state index < -0.39 is 0 Å². The molecule has 3 aromatic rings. The Kier molecular flexibility index (Phi) is 5.03. The van der Waals surface area contributed by atoms with E-state index in [1.165, 1.54) is 30.7 Å².